The molecule has 6 nitrogen and oxygen atoms in total. The molecule has 3 rings (SSSR count). The molecule has 1 saturated heterocycles. The number of nitrogens with one attached hydrogen (secondary N) is 1. The fraction of sp³-hybridized carbons (Fsp3) is 0.350. The molecule has 2 atom stereocenters. The van der Waals surface area contributed by atoms with Crippen molar-refractivity contribution in [1.82, 2.24) is 4.98 Å². The quantitative estimate of drug-likeness (QED) is 0.819. The summed E-state index contributed by atoms with van der Waals surface area (Å²) in [5.41, 5.74) is 8.19. The van der Waals surface area contributed by atoms with Crippen LogP contribution in [0.5, 0.6) is 0 Å². The predicted octanol–water partition coefficient (Wildman–Crippen LogP) is 3.59. The van der Waals surface area contributed by atoms with E-state index in [0.717, 1.165) is 17.7 Å². The van der Waals surface area contributed by atoms with E-state index in [9.17, 15) is 9.59 Å². The van der Waals surface area contributed by atoms with E-state index >= 15 is 0 Å². The SMILES string of the molecule is CCC(C)c1ccccc1N1CC(C(=O)Nc2ccc(N)nc2)CC1=O.Cl. The lowest BCUT2D eigenvalue weighted by Gasteiger charge is -2.23. The average molecular weight is 389 g/mol. The molecule has 2 amide bonds. The summed E-state index contributed by atoms with van der Waals surface area (Å²) in [5, 5.41) is 2.82. The Bertz CT molecular complexity index is 810. The molecule has 2 heterocycles. The number of carbonyl (C=O) groups is 2. The molecule has 1 aromatic carbocycles. The number of para-hydroxylation sites is 1. The molecule has 0 saturated carbocycles. The maximum atomic E-state index is 12.6. The fourth-order valence-corrected chi connectivity index (χ4v) is 3.21. The van der Waals surface area contributed by atoms with Crippen molar-refractivity contribution in [2.24, 2.45) is 5.92 Å². The second-order valence-corrected chi connectivity index (χ2v) is 6.73. The second kappa shape index (κ2) is 8.86. The standard InChI is InChI=1S/C20H24N4O2.ClH/c1-3-13(2)16-6-4-5-7-17(16)24-12-14(10-19(24)25)20(26)23-15-8-9-18(21)22-11-15;/h4-9,11,13-14H,3,10,12H2,1-2H3,(H2,21,22)(H,23,26);1H. The van der Waals surface area contributed by atoms with Gasteiger partial charge in [-0.05, 0) is 36.1 Å². The number of pyridine rings is 1. The van der Waals surface area contributed by atoms with Crippen LogP contribution in [0.15, 0.2) is 42.6 Å². The minimum atomic E-state index is -0.384. The fourth-order valence-electron chi connectivity index (χ4n) is 3.21. The zero-order valence-electron chi connectivity index (χ0n) is 15.5. The van der Waals surface area contributed by atoms with Gasteiger partial charge in [-0.2, -0.15) is 0 Å². The Labute approximate surface area is 165 Å². The van der Waals surface area contributed by atoms with Crippen LogP contribution in [0.25, 0.3) is 0 Å². The van der Waals surface area contributed by atoms with Crippen LogP contribution in [-0.2, 0) is 9.59 Å². The zero-order valence-corrected chi connectivity index (χ0v) is 16.3. The van der Waals surface area contributed by atoms with Gasteiger partial charge in [0.05, 0.1) is 17.8 Å². The summed E-state index contributed by atoms with van der Waals surface area (Å²) in [7, 11) is 0. The van der Waals surface area contributed by atoms with Gasteiger partial charge in [-0.15, -0.1) is 12.4 Å². The lowest BCUT2D eigenvalue weighted by molar-refractivity contribution is -0.122. The number of aromatic nitrogens is 1. The number of nitrogens with two attached hydrogens (primary N) is 1. The summed E-state index contributed by atoms with van der Waals surface area (Å²) in [4.78, 5) is 30.8. The van der Waals surface area contributed by atoms with Crippen molar-refractivity contribution in [3.05, 3.63) is 48.2 Å². The van der Waals surface area contributed by atoms with E-state index in [0.29, 0.717) is 24.0 Å². The number of anilines is 3. The first-order chi connectivity index (χ1) is 12.5. The third-order valence-electron chi connectivity index (χ3n) is 4.92. The van der Waals surface area contributed by atoms with Gasteiger partial charge in [0, 0.05) is 18.7 Å². The van der Waals surface area contributed by atoms with Crippen LogP contribution in [0.4, 0.5) is 17.2 Å². The molecular formula is C20H25ClN4O2. The Morgan fingerprint density at radius 1 is 1.33 bits per heavy atom. The number of rotatable bonds is 5. The van der Waals surface area contributed by atoms with Crippen LogP contribution in [-0.4, -0.2) is 23.3 Å². The van der Waals surface area contributed by atoms with Gasteiger partial charge >= 0.3 is 0 Å². The summed E-state index contributed by atoms with van der Waals surface area (Å²) in [6, 6.07) is 11.3. The van der Waals surface area contributed by atoms with Crippen molar-refractivity contribution in [2.45, 2.75) is 32.6 Å². The normalized spacial score (nSPS) is 17.3. The van der Waals surface area contributed by atoms with Crippen LogP contribution < -0.4 is 16.0 Å². The average Bonchev–Trinajstić information content (AvgIpc) is 3.04. The van der Waals surface area contributed by atoms with E-state index in [4.69, 9.17) is 5.73 Å². The Hall–Kier alpha value is -2.60. The maximum absolute atomic E-state index is 12.6. The molecule has 1 aliphatic rings. The highest BCUT2D eigenvalue weighted by atomic mass is 35.5. The molecule has 27 heavy (non-hydrogen) atoms. The highest BCUT2D eigenvalue weighted by molar-refractivity contribution is 6.03. The number of amides is 2. The van der Waals surface area contributed by atoms with E-state index in [2.05, 4.69) is 30.2 Å². The van der Waals surface area contributed by atoms with Gasteiger partial charge < -0.3 is 16.0 Å². The first-order valence-corrected chi connectivity index (χ1v) is 8.91. The van der Waals surface area contributed by atoms with E-state index in [1.54, 1.807) is 17.0 Å². The number of carbonyl (C=O) groups excluding carboxylic acids is 2. The van der Waals surface area contributed by atoms with Gasteiger partial charge in [0.25, 0.3) is 0 Å². The lowest BCUT2D eigenvalue weighted by Crippen LogP contribution is -2.29. The predicted molar refractivity (Wildman–Crippen MR) is 110 cm³/mol. The van der Waals surface area contributed by atoms with Gasteiger partial charge in [0.2, 0.25) is 11.8 Å². The van der Waals surface area contributed by atoms with E-state index < -0.39 is 0 Å². The highest BCUT2D eigenvalue weighted by Gasteiger charge is 2.36. The monoisotopic (exact) mass is 388 g/mol. The van der Waals surface area contributed by atoms with Gasteiger partial charge in [-0.3, -0.25) is 9.59 Å². The number of hydrogen-bond acceptors (Lipinski definition) is 4. The van der Waals surface area contributed by atoms with Crippen molar-refractivity contribution >= 4 is 41.4 Å². The smallest absolute Gasteiger partial charge is 0.229 e. The van der Waals surface area contributed by atoms with E-state index in [1.165, 1.54) is 6.20 Å². The highest BCUT2D eigenvalue weighted by Crippen LogP contribution is 2.33. The van der Waals surface area contributed by atoms with Crippen molar-refractivity contribution in [3.63, 3.8) is 0 Å². The largest absolute Gasteiger partial charge is 0.384 e. The van der Waals surface area contributed by atoms with Crippen molar-refractivity contribution in [3.8, 4) is 0 Å². The molecular weight excluding hydrogens is 364 g/mol. The topological polar surface area (TPSA) is 88.3 Å². The molecule has 0 spiro atoms. The summed E-state index contributed by atoms with van der Waals surface area (Å²) in [6.45, 7) is 4.67. The first kappa shape index (κ1) is 20.7. The Morgan fingerprint density at radius 3 is 2.74 bits per heavy atom. The van der Waals surface area contributed by atoms with Crippen LogP contribution in [0, 0.1) is 5.92 Å². The van der Waals surface area contributed by atoms with Gasteiger partial charge in [-0.1, -0.05) is 32.0 Å². The molecule has 1 aliphatic heterocycles. The Balaban J connectivity index is 0.00000261. The molecule has 2 unspecified atom stereocenters. The third-order valence-corrected chi connectivity index (χ3v) is 4.92. The van der Waals surface area contributed by atoms with Gasteiger partial charge in [0.15, 0.2) is 0 Å². The molecule has 144 valence electrons. The number of nitrogen functional groups attached to an aromatic ring is 1. The minimum Gasteiger partial charge on any atom is -0.384 e. The van der Waals surface area contributed by atoms with E-state index in [1.807, 2.05) is 18.2 Å². The minimum absolute atomic E-state index is 0. The second-order valence-electron chi connectivity index (χ2n) is 6.73. The summed E-state index contributed by atoms with van der Waals surface area (Å²) in [6.07, 6.45) is 2.72. The number of nitrogens with zero attached hydrogens (tertiary/aromatic N) is 2. The molecule has 1 aromatic heterocycles. The lowest BCUT2D eigenvalue weighted by atomic mass is 9.96. The van der Waals surface area contributed by atoms with Crippen LogP contribution in [0.3, 0.4) is 0 Å². The van der Waals surface area contributed by atoms with Gasteiger partial charge in [0.1, 0.15) is 5.82 Å². The third kappa shape index (κ3) is 4.57. The van der Waals surface area contributed by atoms with Crippen molar-refractivity contribution in [2.75, 3.05) is 22.5 Å². The van der Waals surface area contributed by atoms with Crippen LogP contribution in [0.2, 0.25) is 0 Å². The summed E-state index contributed by atoms with van der Waals surface area (Å²) in [5.74, 6) is 0.175. The molecule has 0 aliphatic carbocycles. The Kier molecular flexibility index (Phi) is 6.80. The summed E-state index contributed by atoms with van der Waals surface area (Å²) < 4.78 is 0. The molecule has 7 heteroatoms. The first-order valence-electron chi connectivity index (χ1n) is 8.91. The van der Waals surface area contributed by atoms with Crippen molar-refractivity contribution < 1.29 is 9.59 Å². The number of benzene rings is 1. The molecule has 1 fully saturated rings. The maximum Gasteiger partial charge on any atom is 0.229 e. The number of halogens is 1. The molecule has 3 N–H and O–H groups in total. The molecule has 0 radical (unpaired) electrons. The zero-order chi connectivity index (χ0) is 18.7. The summed E-state index contributed by atoms with van der Waals surface area (Å²) >= 11 is 0. The number of hydrogen-bond donors (Lipinski definition) is 2. The van der Waals surface area contributed by atoms with Crippen LogP contribution >= 0.6 is 12.4 Å². The van der Waals surface area contributed by atoms with Crippen LogP contribution in [0.1, 0.15) is 38.2 Å². The van der Waals surface area contributed by atoms with Crippen molar-refractivity contribution in [1.29, 1.82) is 0 Å². The van der Waals surface area contributed by atoms with E-state index in [-0.39, 0.29) is 36.6 Å². The molecule has 0 bridgehead atoms. The Morgan fingerprint density at radius 2 is 2.07 bits per heavy atom. The van der Waals surface area contributed by atoms with Gasteiger partial charge in [-0.25, -0.2) is 4.98 Å². The molecule has 2 aromatic rings.